The first-order chi connectivity index (χ1) is 14.6. The molecule has 0 saturated heterocycles. The number of hydrogen-bond acceptors (Lipinski definition) is 3. The molecule has 2 N–H and O–H groups in total. The molecule has 0 aliphatic carbocycles. The Bertz CT molecular complexity index is 1020. The molecule has 3 aromatic rings. The van der Waals surface area contributed by atoms with E-state index in [4.69, 9.17) is 0 Å². The van der Waals surface area contributed by atoms with Gasteiger partial charge in [-0.1, -0.05) is 36.4 Å². The Balaban J connectivity index is 1.46. The lowest BCUT2D eigenvalue weighted by Crippen LogP contribution is -2.39. The first-order valence-electron chi connectivity index (χ1n) is 10.3. The molecule has 3 rings (SSSR count). The highest BCUT2D eigenvalue weighted by Gasteiger charge is 2.09. The molecule has 0 spiro atoms. The lowest BCUT2D eigenvalue weighted by Gasteiger charge is -2.21. The van der Waals surface area contributed by atoms with Crippen molar-refractivity contribution in [3.8, 4) is 11.3 Å². The second kappa shape index (κ2) is 10.4. The fraction of sp³-hybridized carbons (Fsp3) is 0.348. The zero-order valence-electron chi connectivity index (χ0n) is 17.9. The maximum atomic E-state index is 11.9. The molecule has 0 aliphatic rings. The van der Waals surface area contributed by atoms with Gasteiger partial charge in [-0.2, -0.15) is 0 Å². The Kier molecular flexibility index (Phi) is 7.43. The van der Waals surface area contributed by atoms with E-state index in [0.717, 1.165) is 54.7 Å². The van der Waals surface area contributed by atoms with Gasteiger partial charge in [0.2, 0.25) is 0 Å². The zero-order valence-corrected chi connectivity index (χ0v) is 17.9. The van der Waals surface area contributed by atoms with Crippen molar-refractivity contribution < 1.29 is 0 Å². The number of aromatic nitrogens is 3. The fourth-order valence-corrected chi connectivity index (χ4v) is 3.40. The molecule has 30 heavy (non-hydrogen) atoms. The second-order valence-electron chi connectivity index (χ2n) is 7.30. The number of imidazole rings is 1. The SMILES string of the molecule is CN=C(NCCCCn1c(C)cccc1=O)N(C)Cc1ncc(-c2ccccc2)[nH]1. The number of nitrogens with one attached hydrogen (secondary N) is 2. The summed E-state index contributed by atoms with van der Waals surface area (Å²) in [5, 5.41) is 3.39. The third-order valence-electron chi connectivity index (χ3n) is 5.03. The Morgan fingerprint density at radius 2 is 1.97 bits per heavy atom. The molecule has 0 saturated carbocycles. The van der Waals surface area contributed by atoms with Gasteiger partial charge in [-0.05, 0) is 31.4 Å². The number of aryl methyl sites for hydroxylation is 1. The highest BCUT2D eigenvalue weighted by atomic mass is 16.1. The van der Waals surface area contributed by atoms with Crippen molar-refractivity contribution in [2.75, 3.05) is 20.6 Å². The number of H-pyrrole nitrogens is 1. The van der Waals surface area contributed by atoms with E-state index in [9.17, 15) is 4.79 Å². The molecule has 2 heterocycles. The van der Waals surface area contributed by atoms with Gasteiger partial charge in [0.05, 0.1) is 18.4 Å². The third kappa shape index (κ3) is 5.59. The zero-order chi connectivity index (χ0) is 21.3. The Labute approximate surface area is 177 Å². The van der Waals surface area contributed by atoms with Gasteiger partial charge in [0.25, 0.3) is 5.56 Å². The van der Waals surface area contributed by atoms with Crippen molar-refractivity contribution in [2.24, 2.45) is 4.99 Å². The van der Waals surface area contributed by atoms with Crippen LogP contribution in [-0.4, -0.2) is 46.0 Å². The summed E-state index contributed by atoms with van der Waals surface area (Å²) in [6.45, 7) is 4.13. The molecular formula is C23H30N6O. The largest absolute Gasteiger partial charge is 0.356 e. The molecule has 0 aliphatic heterocycles. The number of aromatic amines is 1. The molecule has 0 fully saturated rings. The number of benzene rings is 1. The fourth-order valence-electron chi connectivity index (χ4n) is 3.40. The minimum absolute atomic E-state index is 0.0619. The van der Waals surface area contributed by atoms with Gasteiger partial charge in [0.1, 0.15) is 5.82 Å². The number of pyridine rings is 1. The number of unbranched alkanes of at least 4 members (excludes halogenated alkanes) is 1. The van der Waals surface area contributed by atoms with Crippen LogP contribution in [0, 0.1) is 6.92 Å². The summed E-state index contributed by atoms with van der Waals surface area (Å²) in [5.41, 5.74) is 3.19. The lowest BCUT2D eigenvalue weighted by atomic mass is 10.2. The number of nitrogens with zero attached hydrogens (tertiary/aromatic N) is 4. The quantitative estimate of drug-likeness (QED) is 0.342. The molecule has 0 bridgehead atoms. The van der Waals surface area contributed by atoms with Gasteiger partial charge in [-0.3, -0.25) is 9.79 Å². The van der Waals surface area contributed by atoms with Crippen molar-refractivity contribution >= 4 is 5.96 Å². The number of aliphatic imine (C=N–C) groups is 1. The predicted octanol–water partition coefficient (Wildman–Crippen LogP) is 3.03. The van der Waals surface area contributed by atoms with Crippen molar-refractivity contribution in [1.82, 2.24) is 24.8 Å². The summed E-state index contributed by atoms with van der Waals surface area (Å²) in [5.74, 6) is 1.71. The van der Waals surface area contributed by atoms with E-state index in [1.807, 2.05) is 53.9 Å². The van der Waals surface area contributed by atoms with Gasteiger partial charge < -0.3 is 19.8 Å². The highest BCUT2D eigenvalue weighted by Crippen LogP contribution is 2.16. The molecule has 158 valence electrons. The third-order valence-corrected chi connectivity index (χ3v) is 5.03. The average molecular weight is 407 g/mol. The molecule has 0 atom stereocenters. The first-order valence-corrected chi connectivity index (χ1v) is 10.3. The minimum Gasteiger partial charge on any atom is -0.356 e. The van der Waals surface area contributed by atoms with Crippen LogP contribution in [0.2, 0.25) is 0 Å². The molecule has 2 aromatic heterocycles. The lowest BCUT2D eigenvalue weighted by molar-refractivity contribution is 0.460. The van der Waals surface area contributed by atoms with E-state index in [0.29, 0.717) is 6.54 Å². The normalized spacial score (nSPS) is 11.5. The van der Waals surface area contributed by atoms with Gasteiger partial charge in [0, 0.05) is 38.9 Å². The Hall–Kier alpha value is -3.35. The van der Waals surface area contributed by atoms with Crippen LogP contribution >= 0.6 is 0 Å². The van der Waals surface area contributed by atoms with Crippen LogP contribution in [0.3, 0.4) is 0 Å². The van der Waals surface area contributed by atoms with Gasteiger partial charge >= 0.3 is 0 Å². The maximum Gasteiger partial charge on any atom is 0.250 e. The van der Waals surface area contributed by atoms with Crippen LogP contribution in [0.5, 0.6) is 0 Å². The van der Waals surface area contributed by atoms with Crippen LogP contribution in [0.4, 0.5) is 0 Å². The summed E-state index contributed by atoms with van der Waals surface area (Å²) in [6, 6.07) is 15.5. The van der Waals surface area contributed by atoms with E-state index in [1.54, 1.807) is 19.2 Å². The molecule has 1 aromatic carbocycles. The smallest absolute Gasteiger partial charge is 0.250 e. The van der Waals surface area contributed by atoms with E-state index < -0.39 is 0 Å². The van der Waals surface area contributed by atoms with Gasteiger partial charge in [0.15, 0.2) is 5.96 Å². The van der Waals surface area contributed by atoms with Gasteiger partial charge in [-0.25, -0.2) is 4.98 Å². The van der Waals surface area contributed by atoms with Crippen LogP contribution in [0.15, 0.2) is 64.5 Å². The molecule has 0 radical (unpaired) electrons. The van der Waals surface area contributed by atoms with E-state index >= 15 is 0 Å². The van der Waals surface area contributed by atoms with E-state index in [1.165, 1.54) is 0 Å². The summed E-state index contributed by atoms with van der Waals surface area (Å²) in [4.78, 5) is 26.2. The molecule has 0 unspecified atom stereocenters. The van der Waals surface area contributed by atoms with E-state index in [-0.39, 0.29) is 5.56 Å². The average Bonchev–Trinajstić information content (AvgIpc) is 3.21. The van der Waals surface area contributed by atoms with Crippen molar-refractivity contribution in [3.63, 3.8) is 0 Å². The van der Waals surface area contributed by atoms with Crippen molar-refractivity contribution in [3.05, 3.63) is 76.6 Å². The second-order valence-corrected chi connectivity index (χ2v) is 7.30. The standard InChI is InChI=1S/C23H30N6O/c1-18-10-9-13-22(30)29(18)15-8-7-14-25-23(24-2)28(3)17-21-26-16-20(27-21)19-11-5-4-6-12-19/h4-6,9-13,16H,7-8,14-15,17H2,1-3H3,(H,24,25)(H,26,27). The van der Waals surface area contributed by atoms with Crippen LogP contribution in [0.25, 0.3) is 11.3 Å². The van der Waals surface area contributed by atoms with Crippen molar-refractivity contribution in [2.45, 2.75) is 32.9 Å². The summed E-state index contributed by atoms with van der Waals surface area (Å²) in [7, 11) is 3.77. The predicted molar refractivity (Wildman–Crippen MR) is 122 cm³/mol. The topological polar surface area (TPSA) is 78.3 Å². The number of guanidine groups is 1. The Morgan fingerprint density at radius 3 is 2.70 bits per heavy atom. The molecular weight excluding hydrogens is 376 g/mol. The highest BCUT2D eigenvalue weighted by molar-refractivity contribution is 5.79. The molecule has 0 amide bonds. The van der Waals surface area contributed by atoms with Crippen LogP contribution < -0.4 is 10.9 Å². The van der Waals surface area contributed by atoms with E-state index in [2.05, 4.69) is 32.4 Å². The first kappa shape index (κ1) is 21.4. The Morgan fingerprint density at radius 1 is 1.17 bits per heavy atom. The minimum atomic E-state index is 0.0619. The van der Waals surface area contributed by atoms with Crippen molar-refractivity contribution in [1.29, 1.82) is 0 Å². The monoisotopic (exact) mass is 406 g/mol. The molecule has 7 heteroatoms. The maximum absolute atomic E-state index is 11.9. The van der Waals surface area contributed by atoms with Crippen LogP contribution in [-0.2, 0) is 13.1 Å². The summed E-state index contributed by atoms with van der Waals surface area (Å²) >= 11 is 0. The number of rotatable bonds is 8. The summed E-state index contributed by atoms with van der Waals surface area (Å²) in [6.07, 6.45) is 3.74. The van der Waals surface area contributed by atoms with Gasteiger partial charge in [-0.15, -0.1) is 0 Å². The van der Waals surface area contributed by atoms with Crippen LogP contribution in [0.1, 0.15) is 24.4 Å². The summed E-state index contributed by atoms with van der Waals surface area (Å²) < 4.78 is 1.82. The molecule has 7 nitrogen and oxygen atoms in total. The number of hydrogen-bond donors (Lipinski definition) is 2.